The van der Waals surface area contributed by atoms with Crippen molar-refractivity contribution in [3.8, 4) is 0 Å². The van der Waals surface area contributed by atoms with Crippen molar-refractivity contribution >= 4 is 17.8 Å². The van der Waals surface area contributed by atoms with Crippen LogP contribution in [0.1, 0.15) is 54.6 Å². The molecule has 1 amide bonds. The van der Waals surface area contributed by atoms with Crippen LogP contribution in [0.15, 0.2) is 18.2 Å². The van der Waals surface area contributed by atoms with Crippen LogP contribution in [0.3, 0.4) is 0 Å². The van der Waals surface area contributed by atoms with Gasteiger partial charge in [-0.3, -0.25) is 14.4 Å². The number of nitrogens with one attached hydrogen (secondary N) is 1. The molecule has 0 unspecified atom stereocenters. The number of esters is 2. The molecular formula is C21H25F6NO5. The van der Waals surface area contributed by atoms with Crippen LogP contribution in [-0.4, -0.2) is 38.1 Å². The summed E-state index contributed by atoms with van der Waals surface area (Å²) in [6.45, 7) is 3.31. The van der Waals surface area contributed by atoms with E-state index in [-0.39, 0.29) is 18.9 Å². The average Bonchev–Trinajstić information content (AvgIpc) is 2.74. The summed E-state index contributed by atoms with van der Waals surface area (Å²) in [6.07, 6.45) is -9.49. The maximum absolute atomic E-state index is 13.1. The third-order valence-corrected chi connectivity index (χ3v) is 5.09. The number of alkyl halides is 6. The highest BCUT2D eigenvalue weighted by Gasteiger charge is 2.41. The quantitative estimate of drug-likeness (QED) is 0.314. The molecule has 0 fully saturated rings. The zero-order valence-electron chi connectivity index (χ0n) is 18.4. The molecule has 1 aromatic rings. The lowest BCUT2D eigenvalue weighted by molar-refractivity contribution is -0.162. The lowest BCUT2D eigenvalue weighted by Crippen LogP contribution is -2.47. The van der Waals surface area contributed by atoms with Crippen molar-refractivity contribution in [3.05, 3.63) is 34.9 Å². The predicted molar refractivity (Wildman–Crippen MR) is 104 cm³/mol. The number of rotatable bonds is 9. The molecule has 0 saturated heterocycles. The van der Waals surface area contributed by atoms with Gasteiger partial charge in [-0.15, -0.1) is 0 Å². The van der Waals surface area contributed by atoms with E-state index in [4.69, 9.17) is 0 Å². The van der Waals surface area contributed by atoms with Crippen LogP contribution in [0, 0.1) is 11.8 Å². The van der Waals surface area contributed by atoms with Crippen LogP contribution in [0.25, 0.3) is 0 Å². The lowest BCUT2D eigenvalue weighted by Gasteiger charge is -2.31. The summed E-state index contributed by atoms with van der Waals surface area (Å²) in [5.41, 5.74) is -4.13. The number of carbonyl (C=O) groups is 3. The normalized spacial score (nSPS) is 13.9. The van der Waals surface area contributed by atoms with E-state index in [0.29, 0.717) is 18.6 Å². The molecule has 0 spiro atoms. The Bertz CT molecular complexity index is 804. The van der Waals surface area contributed by atoms with E-state index in [2.05, 4.69) is 14.8 Å². The summed E-state index contributed by atoms with van der Waals surface area (Å²) < 4.78 is 88.0. The molecule has 0 aromatic heterocycles. The summed E-state index contributed by atoms with van der Waals surface area (Å²) in [5, 5.41) is 2.39. The minimum absolute atomic E-state index is 0.0836. The second-order valence-electron chi connectivity index (χ2n) is 7.26. The van der Waals surface area contributed by atoms with E-state index in [1.807, 2.05) is 0 Å². The summed E-state index contributed by atoms with van der Waals surface area (Å²) in [5.74, 6) is -5.43. The highest BCUT2D eigenvalue weighted by atomic mass is 19.4. The molecule has 12 heteroatoms. The van der Waals surface area contributed by atoms with Gasteiger partial charge >= 0.3 is 24.3 Å². The van der Waals surface area contributed by atoms with E-state index in [1.165, 1.54) is 0 Å². The first-order valence-corrected chi connectivity index (χ1v) is 9.97. The highest BCUT2D eigenvalue weighted by molar-refractivity contribution is 5.96. The number of methoxy groups -OCH3 is 2. The minimum Gasteiger partial charge on any atom is -0.468 e. The van der Waals surface area contributed by atoms with E-state index >= 15 is 0 Å². The third kappa shape index (κ3) is 7.36. The molecule has 0 aliphatic rings. The standard InChI is InChI=1S/C21H25F6NO5/c1-5-7-15(14(6-2)16(18(30)32-3)19(31)33-4)28-17(29)11-8-12(20(22,23)24)10-13(9-11)21(25,26)27/h8-10,14-16H,5-7H2,1-4H3,(H,28,29)/t14-,15-/m0/s1. The topological polar surface area (TPSA) is 81.7 Å². The largest absolute Gasteiger partial charge is 0.468 e. The van der Waals surface area contributed by atoms with Gasteiger partial charge in [0.1, 0.15) is 0 Å². The zero-order valence-corrected chi connectivity index (χ0v) is 18.4. The van der Waals surface area contributed by atoms with E-state index < -0.39 is 64.8 Å². The molecule has 1 aromatic carbocycles. The molecular weight excluding hydrogens is 460 g/mol. The van der Waals surface area contributed by atoms with Crippen molar-refractivity contribution in [2.24, 2.45) is 11.8 Å². The van der Waals surface area contributed by atoms with Gasteiger partial charge < -0.3 is 14.8 Å². The molecule has 2 atom stereocenters. The summed E-state index contributed by atoms with van der Waals surface area (Å²) in [4.78, 5) is 37.1. The van der Waals surface area contributed by atoms with Crippen molar-refractivity contribution < 1.29 is 50.2 Å². The van der Waals surface area contributed by atoms with E-state index in [0.717, 1.165) is 14.2 Å². The fourth-order valence-corrected chi connectivity index (χ4v) is 3.49. The lowest BCUT2D eigenvalue weighted by atomic mass is 9.81. The summed E-state index contributed by atoms with van der Waals surface area (Å²) >= 11 is 0. The predicted octanol–water partition coefficient (Wildman–Crippen LogP) is 4.61. The molecule has 0 aliphatic heterocycles. The Labute approximate surface area is 186 Å². The van der Waals surface area contributed by atoms with E-state index in [9.17, 15) is 40.7 Å². The zero-order chi connectivity index (χ0) is 25.6. The molecule has 6 nitrogen and oxygen atoms in total. The van der Waals surface area contributed by atoms with Crippen LogP contribution in [-0.2, 0) is 31.4 Å². The Balaban J connectivity index is 3.43. The molecule has 0 heterocycles. The number of carbonyl (C=O) groups excluding carboxylic acids is 3. The molecule has 0 radical (unpaired) electrons. The maximum Gasteiger partial charge on any atom is 0.416 e. The van der Waals surface area contributed by atoms with Gasteiger partial charge in [0, 0.05) is 17.5 Å². The van der Waals surface area contributed by atoms with Crippen LogP contribution >= 0.6 is 0 Å². The Morgan fingerprint density at radius 1 is 0.879 bits per heavy atom. The van der Waals surface area contributed by atoms with Gasteiger partial charge in [-0.25, -0.2) is 0 Å². The van der Waals surface area contributed by atoms with Crippen LogP contribution in [0.4, 0.5) is 26.3 Å². The second kappa shape index (κ2) is 11.4. The first-order chi connectivity index (χ1) is 15.2. The van der Waals surface area contributed by atoms with E-state index in [1.54, 1.807) is 13.8 Å². The van der Waals surface area contributed by atoms with Crippen LogP contribution in [0.5, 0.6) is 0 Å². The van der Waals surface area contributed by atoms with Crippen molar-refractivity contribution in [2.75, 3.05) is 14.2 Å². The van der Waals surface area contributed by atoms with Gasteiger partial charge in [-0.1, -0.05) is 20.3 Å². The van der Waals surface area contributed by atoms with Crippen molar-refractivity contribution in [3.63, 3.8) is 0 Å². The maximum atomic E-state index is 13.1. The number of benzene rings is 1. The number of hydrogen-bond acceptors (Lipinski definition) is 5. The first kappa shape index (κ1) is 28.2. The smallest absolute Gasteiger partial charge is 0.416 e. The number of hydrogen-bond donors (Lipinski definition) is 1. The number of amides is 1. The fourth-order valence-electron chi connectivity index (χ4n) is 3.49. The molecule has 0 saturated carbocycles. The molecule has 186 valence electrons. The van der Waals surface area contributed by atoms with Crippen LogP contribution in [0.2, 0.25) is 0 Å². The SMILES string of the molecule is CCC[C@H](NC(=O)c1cc(C(F)(F)F)cc(C(F)(F)F)c1)[C@H](CC)C(C(=O)OC)C(=O)OC. The Kier molecular flexibility index (Phi) is 9.73. The number of ether oxygens (including phenoxy) is 2. The summed E-state index contributed by atoms with van der Waals surface area (Å²) in [7, 11) is 2.08. The minimum atomic E-state index is -5.12. The Morgan fingerprint density at radius 3 is 1.67 bits per heavy atom. The third-order valence-electron chi connectivity index (χ3n) is 5.09. The van der Waals surface area contributed by atoms with Gasteiger partial charge in [0.05, 0.1) is 25.3 Å². The molecule has 0 aliphatic carbocycles. The highest BCUT2D eigenvalue weighted by Crippen LogP contribution is 2.36. The Hall–Kier alpha value is -2.79. The van der Waals surface area contributed by atoms with Gasteiger partial charge in [0.25, 0.3) is 5.91 Å². The van der Waals surface area contributed by atoms with Gasteiger partial charge in [0.15, 0.2) is 5.92 Å². The van der Waals surface area contributed by atoms with Gasteiger partial charge in [0.2, 0.25) is 0 Å². The summed E-state index contributed by atoms with van der Waals surface area (Å²) in [6, 6.07) is -0.404. The molecule has 0 bridgehead atoms. The van der Waals surface area contributed by atoms with Gasteiger partial charge in [-0.2, -0.15) is 26.3 Å². The molecule has 1 N–H and O–H groups in total. The average molecular weight is 485 g/mol. The van der Waals surface area contributed by atoms with Crippen molar-refractivity contribution in [2.45, 2.75) is 51.5 Å². The fraction of sp³-hybridized carbons (Fsp3) is 0.571. The van der Waals surface area contributed by atoms with Crippen molar-refractivity contribution in [1.29, 1.82) is 0 Å². The first-order valence-electron chi connectivity index (χ1n) is 9.97. The second-order valence-corrected chi connectivity index (χ2v) is 7.26. The van der Waals surface area contributed by atoms with Crippen LogP contribution < -0.4 is 5.32 Å². The number of halogens is 6. The molecule has 33 heavy (non-hydrogen) atoms. The molecule has 1 rings (SSSR count). The monoisotopic (exact) mass is 485 g/mol. The Morgan fingerprint density at radius 2 is 1.33 bits per heavy atom. The van der Waals surface area contributed by atoms with Gasteiger partial charge in [-0.05, 0) is 31.0 Å². The van der Waals surface area contributed by atoms with Crippen molar-refractivity contribution in [1.82, 2.24) is 5.32 Å².